The third-order valence-electron chi connectivity index (χ3n) is 4.88. The first-order chi connectivity index (χ1) is 14.4. The van der Waals surface area contributed by atoms with Crippen molar-refractivity contribution in [3.8, 4) is 11.3 Å². The molecule has 3 aromatic rings. The molecule has 1 aliphatic carbocycles. The van der Waals surface area contributed by atoms with Crippen molar-refractivity contribution in [3.05, 3.63) is 68.2 Å². The first kappa shape index (κ1) is 20.7. The fourth-order valence-corrected chi connectivity index (χ4v) is 5.30. The Hall–Kier alpha value is -2.54. The average molecular weight is 461 g/mol. The molecule has 0 unspecified atom stereocenters. The summed E-state index contributed by atoms with van der Waals surface area (Å²) in [4.78, 5) is 25.5. The lowest BCUT2D eigenvalue weighted by Gasteiger charge is -2.11. The van der Waals surface area contributed by atoms with Crippen LogP contribution in [0.25, 0.3) is 17.4 Å². The number of aryl methyl sites for hydroxylation is 1. The summed E-state index contributed by atoms with van der Waals surface area (Å²) in [6.45, 7) is 0. The van der Waals surface area contributed by atoms with Crippen LogP contribution in [-0.4, -0.2) is 11.8 Å². The van der Waals surface area contributed by atoms with Crippen LogP contribution in [0.2, 0.25) is 10.0 Å². The maximum atomic E-state index is 12.4. The molecule has 0 saturated heterocycles. The maximum Gasteiger partial charge on any atom is 0.251 e. The number of rotatable bonds is 5. The molecule has 2 aromatic heterocycles. The summed E-state index contributed by atoms with van der Waals surface area (Å²) in [6.07, 6.45) is 6.75. The minimum absolute atomic E-state index is 0.362. The predicted octanol–water partition coefficient (Wildman–Crippen LogP) is 5.94. The highest BCUT2D eigenvalue weighted by Gasteiger charge is 2.24. The van der Waals surface area contributed by atoms with Crippen molar-refractivity contribution in [1.29, 1.82) is 0 Å². The number of benzene rings is 1. The van der Waals surface area contributed by atoms with Crippen LogP contribution in [-0.2, 0) is 17.6 Å². The van der Waals surface area contributed by atoms with Crippen molar-refractivity contribution < 1.29 is 14.0 Å². The molecule has 0 spiro atoms. The molecule has 2 amide bonds. The van der Waals surface area contributed by atoms with Gasteiger partial charge in [-0.15, -0.1) is 11.3 Å². The summed E-state index contributed by atoms with van der Waals surface area (Å²) in [5.41, 5.74) is 7.70. The van der Waals surface area contributed by atoms with Gasteiger partial charge in [0, 0.05) is 21.5 Å². The second-order valence-corrected chi connectivity index (χ2v) is 8.88. The molecule has 0 fully saturated rings. The molecule has 3 N–H and O–H groups in total. The molecule has 0 saturated carbocycles. The molecular formula is C22H18Cl2N2O3S. The van der Waals surface area contributed by atoms with Gasteiger partial charge in [-0.2, -0.15) is 0 Å². The summed E-state index contributed by atoms with van der Waals surface area (Å²) >= 11 is 13.6. The summed E-state index contributed by atoms with van der Waals surface area (Å²) in [5.74, 6) is 0.188. The lowest BCUT2D eigenvalue weighted by atomic mass is 9.95. The number of nitrogens with one attached hydrogen (secondary N) is 1. The zero-order valence-electron chi connectivity index (χ0n) is 15.8. The van der Waals surface area contributed by atoms with Crippen LogP contribution in [0.1, 0.15) is 39.4 Å². The predicted molar refractivity (Wildman–Crippen MR) is 121 cm³/mol. The Bertz CT molecular complexity index is 1160. The minimum Gasteiger partial charge on any atom is -0.457 e. The van der Waals surface area contributed by atoms with Gasteiger partial charge in [0.15, 0.2) is 0 Å². The van der Waals surface area contributed by atoms with Gasteiger partial charge in [-0.3, -0.25) is 9.59 Å². The van der Waals surface area contributed by atoms with Crippen molar-refractivity contribution in [2.75, 3.05) is 5.32 Å². The highest BCUT2D eigenvalue weighted by Crippen LogP contribution is 2.38. The first-order valence-corrected chi connectivity index (χ1v) is 11.0. The molecular weight excluding hydrogens is 443 g/mol. The van der Waals surface area contributed by atoms with E-state index in [2.05, 4.69) is 5.32 Å². The van der Waals surface area contributed by atoms with E-state index in [0.29, 0.717) is 37.7 Å². The van der Waals surface area contributed by atoms with Crippen LogP contribution in [0.15, 0.2) is 40.8 Å². The molecule has 0 radical (unpaired) electrons. The third-order valence-corrected chi connectivity index (χ3v) is 6.63. The minimum atomic E-state index is -0.510. The quantitative estimate of drug-likeness (QED) is 0.461. The molecule has 0 bridgehead atoms. The number of nitrogens with two attached hydrogens (primary N) is 1. The smallest absolute Gasteiger partial charge is 0.251 e. The van der Waals surface area contributed by atoms with E-state index in [1.807, 2.05) is 0 Å². The summed E-state index contributed by atoms with van der Waals surface area (Å²) in [5, 5.41) is 4.32. The zero-order chi connectivity index (χ0) is 21.3. The number of halogens is 2. The van der Waals surface area contributed by atoms with E-state index in [9.17, 15) is 9.59 Å². The first-order valence-electron chi connectivity index (χ1n) is 9.41. The van der Waals surface area contributed by atoms with Gasteiger partial charge in [0.1, 0.15) is 16.5 Å². The third kappa shape index (κ3) is 4.31. The Morgan fingerprint density at radius 2 is 1.93 bits per heavy atom. The molecule has 154 valence electrons. The second-order valence-electron chi connectivity index (χ2n) is 6.93. The Morgan fingerprint density at radius 1 is 1.13 bits per heavy atom. The lowest BCUT2D eigenvalue weighted by Crippen LogP contribution is -2.17. The van der Waals surface area contributed by atoms with Crippen LogP contribution in [0.3, 0.4) is 0 Å². The highest BCUT2D eigenvalue weighted by atomic mass is 35.5. The Labute approximate surface area is 187 Å². The monoisotopic (exact) mass is 460 g/mol. The fraction of sp³-hybridized carbons (Fsp3) is 0.182. The lowest BCUT2D eigenvalue weighted by molar-refractivity contribution is -0.111. The number of carbonyl (C=O) groups excluding carboxylic acids is 2. The number of hydrogen-bond acceptors (Lipinski definition) is 4. The zero-order valence-corrected chi connectivity index (χ0v) is 18.2. The highest BCUT2D eigenvalue weighted by molar-refractivity contribution is 7.17. The topological polar surface area (TPSA) is 85.3 Å². The van der Waals surface area contributed by atoms with E-state index in [4.69, 9.17) is 33.4 Å². The standard InChI is InChI=1S/C22H18Cl2N2O3S/c23-12-5-8-14(16(24)11-12)17-9-6-13(29-17)7-10-19(27)26-22-20(21(25)28)15-3-1-2-4-18(15)30-22/h5-11H,1-4H2,(H2,25,28)(H,26,27)/b10-7+. The summed E-state index contributed by atoms with van der Waals surface area (Å²) < 4.78 is 5.75. The van der Waals surface area contributed by atoms with Crippen molar-refractivity contribution in [2.45, 2.75) is 25.7 Å². The van der Waals surface area contributed by atoms with Crippen LogP contribution in [0.4, 0.5) is 5.00 Å². The normalized spacial score (nSPS) is 13.4. The van der Waals surface area contributed by atoms with Crippen molar-refractivity contribution in [2.24, 2.45) is 5.73 Å². The van der Waals surface area contributed by atoms with Gasteiger partial charge in [0.2, 0.25) is 5.91 Å². The second kappa shape index (κ2) is 8.68. The van der Waals surface area contributed by atoms with Gasteiger partial charge < -0.3 is 15.5 Å². The Kier molecular flexibility index (Phi) is 5.99. The SMILES string of the molecule is NC(=O)c1c(NC(=O)/C=C/c2ccc(-c3ccc(Cl)cc3Cl)o2)sc2c1CCCC2. The molecule has 4 rings (SSSR count). The molecule has 1 aliphatic rings. The molecule has 30 heavy (non-hydrogen) atoms. The van der Waals surface area contributed by atoms with E-state index >= 15 is 0 Å². The number of thiophene rings is 1. The van der Waals surface area contributed by atoms with E-state index in [1.165, 1.54) is 17.4 Å². The number of anilines is 1. The number of hydrogen-bond donors (Lipinski definition) is 2. The van der Waals surface area contributed by atoms with Crippen molar-refractivity contribution in [1.82, 2.24) is 0 Å². The molecule has 5 nitrogen and oxygen atoms in total. The number of carbonyl (C=O) groups is 2. The number of fused-ring (bicyclic) bond motifs is 1. The van der Waals surface area contributed by atoms with Crippen molar-refractivity contribution >= 4 is 57.4 Å². The summed E-state index contributed by atoms with van der Waals surface area (Å²) in [6, 6.07) is 8.65. The van der Waals surface area contributed by atoms with Crippen LogP contribution < -0.4 is 11.1 Å². The average Bonchev–Trinajstić information content (AvgIpc) is 3.30. The maximum absolute atomic E-state index is 12.4. The Balaban J connectivity index is 1.49. The van der Waals surface area contributed by atoms with Gasteiger partial charge in [-0.1, -0.05) is 23.2 Å². The van der Waals surface area contributed by atoms with Crippen LogP contribution in [0.5, 0.6) is 0 Å². The fourth-order valence-electron chi connectivity index (χ4n) is 3.50. The molecule has 0 aliphatic heterocycles. The largest absolute Gasteiger partial charge is 0.457 e. The van der Waals surface area contributed by atoms with Gasteiger partial charge in [-0.25, -0.2) is 0 Å². The van der Waals surface area contributed by atoms with Gasteiger partial charge in [-0.05, 0) is 67.7 Å². The van der Waals surface area contributed by atoms with E-state index in [0.717, 1.165) is 36.1 Å². The molecule has 2 heterocycles. The van der Waals surface area contributed by atoms with Crippen LogP contribution >= 0.6 is 34.5 Å². The summed E-state index contributed by atoms with van der Waals surface area (Å²) in [7, 11) is 0. The van der Waals surface area contributed by atoms with E-state index in [-0.39, 0.29) is 5.91 Å². The van der Waals surface area contributed by atoms with E-state index in [1.54, 1.807) is 36.4 Å². The van der Waals surface area contributed by atoms with Gasteiger partial charge in [0.05, 0.1) is 10.6 Å². The molecule has 0 atom stereocenters. The van der Waals surface area contributed by atoms with Crippen LogP contribution in [0, 0.1) is 0 Å². The molecule has 1 aromatic carbocycles. The number of primary amides is 1. The van der Waals surface area contributed by atoms with E-state index < -0.39 is 5.91 Å². The van der Waals surface area contributed by atoms with Crippen molar-refractivity contribution in [3.63, 3.8) is 0 Å². The Morgan fingerprint density at radius 3 is 2.70 bits per heavy atom. The molecule has 8 heteroatoms. The number of furan rings is 1. The number of amides is 2. The van der Waals surface area contributed by atoms with Gasteiger partial charge in [0.25, 0.3) is 5.91 Å². The van der Waals surface area contributed by atoms with Gasteiger partial charge >= 0.3 is 0 Å².